The number of nitrogen functional groups attached to an aromatic ring is 1. The van der Waals surface area contributed by atoms with Crippen LogP contribution in [0.5, 0.6) is 0 Å². The Morgan fingerprint density at radius 3 is 2.95 bits per heavy atom. The molecule has 0 unspecified atom stereocenters. The van der Waals surface area contributed by atoms with E-state index in [1.54, 1.807) is 12.1 Å². The Labute approximate surface area is 117 Å². The lowest BCUT2D eigenvalue weighted by Gasteiger charge is -2.08. The summed E-state index contributed by atoms with van der Waals surface area (Å²) in [6.07, 6.45) is 0.239. The van der Waals surface area contributed by atoms with Crippen LogP contribution in [0.15, 0.2) is 16.8 Å². The fraction of sp³-hybridized carbons (Fsp3) is 0.0909. The standard InChI is InChI=1S/C11H8ClN5O3/c12-5-3-6-4(2-8(18)14-6)1-7(5)15-11(19)9-10(13)17-20-16-9/h1,3H,2H2,(H2,13,17)(H,14,18)(H,15,19). The second-order valence-corrected chi connectivity index (χ2v) is 4.57. The van der Waals surface area contributed by atoms with E-state index in [2.05, 4.69) is 25.6 Å². The van der Waals surface area contributed by atoms with Gasteiger partial charge in [0.15, 0.2) is 0 Å². The lowest BCUT2D eigenvalue weighted by atomic mass is 10.1. The molecule has 0 bridgehead atoms. The van der Waals surface area contributed by atoms with Crippen molar-refractivity contribution < 1.29 is 14.2 Å². The Balaban J connectivity index is 1.89. The van der Waals surface area contributed by atoms with E-state index >= 15 is 0 Å². The average molecular weight is 294 g/mol. The zero-order chi connectivity index (χ0) is 14.3. The predicted octanol–water partition coefficient (Wildman–Crippen LogP) is 1.05. The van der Waals surface area contributed by atoms with Crippen molar-refractivity contribution in [3.8, 4) is 0 Å². The molecular weight excluding hydrogens is 286 g/mol. The van der Waals surface area contributed by atoms with Gasteiger partial charge in [0, 0.05) is 5.69 Å². The quantitative estimate of drug-likeness (QED) is 0.760. The molecular formula is C11H8ClN5O3. The number of nitrogens with two attached hydrogens (primary N) is 1. The van der Waals surface area contributed by atoms with E-state index in [4.69, 9.17) is 17.3 Å². The summed E-state index contributed by atoms with van der Waals surface area (Å²) in [7, 11) is 0. The zero-order valence-corrected chi connectivity index (χ0v) is 10.7. The molecule has 102 valence electrons. The number of benzene rings is 1. The van der Waals surface area contributed by atoms with Crippen LogP contribution in [0.4, 0.5) is 17.2 Å². The van der Waals surface area contributed by atoms with Crippen molar-refractivity contribution in [3.05, 3.63) is 28.4 Å². The van der Waals surface area contributed by atoms with Gasteiger partial charge in [-0.1, -0.05) is 11.6 Å². The van der Waals surface area contributed by atoms with Gasteiger partial charge in [-0.15, -0.1) is 0 Å². The first-order valence-corrected chi connectivity index (χ1v) is 5.94. The van der Waals surface area contributed by atoms with Crippen molar-refractivity contribution in [2.45, 2.75) is 6.42 Å². The molecule has 2 aromatic rings. The van der Waals surface area contributed by atoms with E-state index in [0.29, 0.717) is 11.4 Å². The summed E-state index contributed by atoms with van der Waals surface area (Å²) in [4.78, 5) is 23.2. The minimum atomic E-state index is -0.595. The Morgan fingerprint density at radius 2 is 2.25 bits per heavy atom. The van der Waals surface area contributed by atoms with Crippen molar-refractivity contribution in [2.24, 2.45) is 0 Å². The SMILES string of the molecule is Nc1nonc1C(=O)Nc1cc2c(cc1Cl)NC(=O)C2. The number of fused-ring (bicyclic) bond motifs is 1. The van der Waals surface area contributed by atoms with Crippen molar-refractivity contribution in [3.63, 3.8) is 0 Å². The topological polar surface area (TPSA) is 123 Å². The molecule has 1 aromatic heterocycles. The molecule has 3 rings (SSSR count). The molecule has 0 radical (unpaired) electrons. The number of amides is 2. The second-order valence-electron chi connectivity index (χ2n) is 4.17. The summed E-state index contributed by atoms with van der Waals surface area (Å²) in [5.41, 5.74) is 7.04. The molecule has 20 heavy (non-hydrogen) atoms. The number of halogens is 1. The van der Waals surface area contributed by atoms with E-state index in [0.717, 1.165) is 5.56 Å². The molecule has 2 amide bonds. The fourth-order valence-electron chi connectivity index (χ4n) is 1.88. The molecule has 1 aliphatic rings. The van der Waals surface area contributed by atoms with Gasteiger partial charge in [-0.25, -0.2) is 4.63 Å². The maximum Gasteiger partial charge on any atom is 0.281 e. The van der Waals surface area contributed by atoms with E-state index in [1.165, 1.54) is 0 Å². The monoisotopic (exact) mass is 293 g/mol. The first kappa shape index (κ1) is 12.4. The highest BCUT2D eigenvalue weighted by atomic mass is 35.5. The molecule has 4 N–H and O–H groups in total. The van der Waals surface area contributed by atoms with Gasteiger partial charge in [-0.05, 0) is 28.0 Å². The molecule has 1 aromatic carbocycles. The predicted molar refractivity (Wildman–Crippen MR) is 70.4 cm³/mol. The van der Waals surface area contributed by atoms with E-state index in [9.17, 15) is 9.59 Å². The molecule has 0 saturated heterocycles. The van der Waals surface area contributed by atoms with Crippen LogP contribution >= 0.6 is 11.6 Å². The Bertz CT molecular complexity index is 727. The summed E-state index contributed by atoms with van der Waals surface area (Å²) in [6, 6.07) is 3.19. The van der Waals surface area contributed by atoms with Crippen LogP contribution < -0.4 is 16.4 Å². The van der Waals surface area contributed by atoms with E-state index in [-0.39, 0.29) is 28.9 Å². The number of nitrogens with zero attached hydrogens (tertiary/aromatic N) is 2. The van der Waals surface area contributed by atoms with Crippen LogP contribution in [0, 0.1) is 0 Å². The number of aromatic nitrogens is 2. The van der Waals surface area contributed by atoms with Crippen LogP contribution in [-0.2, 0) is 11.2 Å². The number of carbonyl (C=O) groups excluding carboxylic acids is 2. The van der Waals surface area contributed by atoms with Crippen molar-refractivity contribution in [2.75, 3.05) is 16.4 Å². The molecule has 0 saturated carbocycles. The lowest BCUT2D eigenvalue weighted by Crippen LogP contribution is -2.14. The fourth-order valence-corrected chi connectivity index (χ4v) is 2.09. The highest BCUT2D eigenvalue weighted by Crippen LogP contribution is 2.33. The number of carbonyl (C=O) groups is 2. The summed E-state index contributed by atoms with van der Waals surface area (Å²) >= 11 is 6.04. The summed E-state index contributed by atoms with van der Waals surface area (Å²) in [5.74, 6) is -0.830. The van der Waals surface area contributed by atoms with Gasteiger partial charge in [-0.3, -0.25) is 9.59 Å². The van der Waals surface area contributed by atoms with Gasteiger partial charge < -0.3 is 16.4 Å². The Morgan fingerprint density at radius 1 is 1.45 bits per heavy atom. The molecule has 2 heterocycles. The third-order valence-corrected chi connectivity index (χ3v) is 3.11. The maximum absolute atomic E-state index is 11.9. The lowest BCUT2D eigenvalue weighted by molar-refractivity contribution is -0.115. The Kier molecular flexibility index (Phi) is 2.79. The maximum atomic E-state index is 11.9. The van der Waals surface area contributed by atoms with Gasteiger partial charge in [-0.2, -0.15) is 0 Å². The molecule has 8 nitrogen and oxygen atoms in total. The van der Waals surface area contributed by atoms with Crippen LogP contribution in [0.3, 0.4) is 0 Å². The second kappa shape index (κ2) is 4.49. The average Bonchev–Trinajstić information content (AvgIpc) is 2.94. The number of anilines is 3. The third kappa shape index (κ3) is 2.05. The summed E-state index contributed by atoms with van der Waals surface area (Å²) in [6.45, 7) is 0. The molecule has 0 aliphatic carbocycles. The highest BCUT2D eigenvalue weighted by molar-refractivity contribution is 6.34. The Hall–Kier alpha value is -2.61. The number of hydrogen-bond acceptors (Lipinski definition) is 6. The first-order valence-electron chi connectivity index (χ1n) is 5.56. The number of rotatable bonds is 2. The minimum Gasteiger partial charge on any atom is -0.379 e. The van der Waals surface area contributed by atoms with Crippen molar-refractivity contribution in [1.29, 1.82) is 0 Å². The smallest absolute Gasteiger partial charge is 0.281 e. The molecule has 0 atom stereocenters. The molecule has 1 aliphatic heterocycles. The van der Waals surface area contributed by atoms with Crippen LogP contribution in [0.25, 0.3) is 0 Å². The third-order valence-electron chi connectivity index (χ3n) is 2.80. The largest absolute Gasteiger partial charge is 0.379 e. The van der Waals surface area contributed by atoms with Crippen LogP contribution in [0.2, 0.25) is 5.02 Å². The summed E-state index contributed by atoms with van der Waals surface area (Å²) < 4.78 is 4.35. The highest BCUT2D eigenvalue weighted by Gasteiger charge is 2.22. The van der Waals surface area contributed by atoms with Crippen molar-refractivity contribution in [1.82, 2.24) is 10.3 Å². The van der Waals surface area contributed by atoms with E-state index < -0.39 is 5.91 Å². The summed E-state index contributed by atoms with van der Waals surface area (Å²) in [5, 5.41) is 12.2. The molecule has 9 heteroatoms. The number of nitrogens with one attached hydrogen (secondary N) is 2. The zero-order valence-electron chi connectivity index (χ0n) is 9.94. The number of hydrogen-bond donors (Lipinski definition) is 3. The van der Waals surface area contributed by atoms with E-state index in [1.807, 2.05) is 0 Å². The van der Waals surface area contributed by atoms with Gasteiger partial charge >= 0.3 is 0 Å². The van der Waals surface area contributed by atoms with Crippen LogP contribution in [-0.4, -0.2) is 22.1 Å². The molecule has 0 fully saturated rings. The van der Waals surface area contributed by atoms with Crippen molar-refractivity contribution >= 4 is 40.6 Å². The normalized spacial score (nSPS) is 12.9. The van der Waals surface area contributed by atoms with Gasteiger partial charge in [0.1, 0.15) is 0 Å². The van der Waals surface area contributed by atoms with Gasteiger partial charge in [0.2, 0.25) is 17.4 Å². The van der Waals surface area contributed by atoms with Gasteiger partial charge in [0.05, 0.1) is 17.1 Å². The van der Waals surface area contributed by atoms with Crippen LogP contribution in [0.1, 0.15) is 16.1 Å². The van der Waals surface area contributed by atoms with Gasteiger partial charge in [0.25, 0.3) is 5.91 Å². The molecule has 0 spiro atoms. The first-order chi connectivity index (χ1) is 9.54. The minimum absolute atomic E-state index is 0.114.